The highest BCUT2D eigenvalue weighted by Crippen LogP contribution is 2.15. The van der Waals surface area contributed by atoms with Crippen molar-refractivity contribution in [3.8, 4) is 0 Å². The summed E-state index contributed by atoms with van der Waals surface area (Å²) >= 11 is 0. The van der Waals surface area contributed by atoms with Gasteiger partial charge in [-0.2, -0.15) is 0 Å². The summed E-state index contributed by atoms with van der Waals surface area (Å²) in [6.07, 6.45) is 1.53. The van der Waals surface area contributed by atoms with Crippen LogP contribution in [0.15, 0.2) is 42.8 Å². The van der Waals surface area contributed by atoms with Gasteiger partial charge in [-0.15, -0.1) is 5.73 Å². The molecule has 72 valence electrons. The number of hydrogen-bond donors (Lipinski definition) is 0. The number of nitrogens with zero attached hydrogens (tertiary/aromatic N) is 1. The second kappa shape index (κ2) is 4.45. The van der Waals surface area contributed by atoms with E-state index in [1.54, 1.807) is 0 Å². The number of benzene rings is 1. The van der Waals surface area contributed by atoms with Crippen LogP contribution in [0.5, 0.6) is 0 Å². The van der Waals surface area contributed by atoms with E-state index in [0.717, 1.165) is 5.69 Å². The molecule has 2 heteroatoms. The van der Waals surface area contributed by atoms with Crippen LogP contribution >= 0.6 is 0 Å². The van der Waals surface area contributed by atoms with Gasteiger partial charge in [-0.25, -0.2) is 0 Å². The molecule has 1 amide bonds. The Balaban J connectivity index is 3.05. The second-order valence-corrected chi connectivity index (χ2v) is 3.06. The molecule has 0 radical (unpaired) electrons. The molecule has 1 rings (SSSR count). The lowest BCUT2D eigenvalue weighted by Crippen LogP contribution is -2.21. The summed E-state index contributed by atoms with van der Waals surface area (Å²) in [6.45, 7) is 6.96. The van der Waals surface area contributed by atoms with Gasteiger partial charge in [-0.3, -0.25) is 9.69 Å². The smallest absolute Gasteiger partial charge is 0.228 e. The third-order valence-corrected chi connectivity index (χ3v) is 1.87. The van der Waals surface area contributed by atoms with Gasteiger partial charge in [0.05, 0.1) is 6.20 Å². The predicted octanol–water partition coefficient (Wildman–Crippen LogP) is 2.65. The van der Waals surface area contributed by atoms with Gasteiger partial charge in [0.25, 0.3) is 0 Å². The van der Waals surface area contributed by atoms with Crippen molar-refractivity contribution >= 4 is 11.6 Å². The number of amides is 1. The number of carbonyl (C=O) groups is 1. The lowest BCUT2D eigenvalue weighted by molar-refractivity contribution is -0.115. The summed E-state index contributed by atoms with van der Waals surface area (Å²) in [7, 11) is 0. The maximum Gasteiger partial charge on any atom is 0.228 e. The molecule has 1 aromatic carbocycles. The Morgan fingerprint density at radius 2 is 2.00 bits per heavy atom. The number of carbonyl (C=O) groups excluding carboxylic acids is 1. The molecule has 0 N–H and O–H groups in total. The molecule has 0 fully saturated rings. The number of aryl methyl sites for hydroxylation is 1. The first-order valence-electron chi connectivity index (χ1n) is 4.37. The van der Waals surface area contributed by atoms with Gasteiger partial charge < -0.3 is 0 Å². The summed E-state index contributed by atoms with van der Waals surface area (Å²) in [5.74, 6) is -0.0509. The predicted molar refractivity (Wildman–Crippen MR) is 58.0 cm³/mol. The molecule has 0 unspecified atom stereocenters. The molecule has 14 heavy (non-hydrogen) atoms. The average Bonchev–Trinajstić information content (AvgIpc) is 2.15. The van der Waals surface area contributed by atoms with Crippen LogP contribution in [0.4, 0.5) is 5.69 Å². The lowest BCUT2D eigenvalue weighted by Gasteiger charge is -2.15. The standard InChI is InChI=1S/C12H13NO/c1-4-9-13(11(3)14)12-7-5-10(2)6-8-12/h5-9H,1H2,2-3H3. The van der Waals surface area contributed by atoms with Crippen LogP contribution < -0.4 is 4.90 Å². The second-order valence-electron chi connectivity index (χ2n) is 3.06. The van der Waals surface area contributed by atoms with Crippen LogP contribution in [0.2, 0.25) is 0 Å². The molecule has 2 nitrogen and oxygen atoms in total. The molecule has 0 heterocycles. The SMILES string of the molecule is C=C=CN(C(C)=O)c1ccc(C)cc1. The Morgan fingerprint density at radius 3 is 2.43 bits per heavy atom. The first-order valence-corrected chi connectivity index (χ1v) is 4.37. The maximum absolute atomic E-state index is 11.2. The van der Waals surface area contributed by atoms with Gasteiger partial charge in [0, 0.05) is 12.6 Å². The van der Waals surface area contributed by atoms with Gasteiger partial charge in [-0.1, -0.05) is 24.3 Å². The summed E-state index contributed by atoms with van der Waals surface area (Å²) in [5, 5.41) is 0. The van der Waals surface area contributed by atoms with Crippen molar-refractivity contribution in [2.24, 2.45) is 0 Å². The molecule has 0 saturated heterocycles. The van der Waals surface area contributed by atoms with E-state index in [1.165, 1.54) is 23.6 Å². The Bertz CT molecular complexity index is 370. The summed E-state index contributed by atoms with van der Waals surface area (Å²) in [6, 6.07) is 7.71. The average molecular weight is 187 g/mol. The lowest BCUT2D eigenvalue weighted by atomic mass is 10.2. The van der Waals surface area contributed by atoms with E-state index < -0.39 is 0 Å². The highest BCUT2D eigenvalue weighted by Gasteiger charge is 2.06. The van der Waals surface area contributed by atoms with Crippen molar-refractivity contribution < 1.29 is 4.79 Å². The highest BCUT2D eigenvalue weighted by molar-refractivity contribution is 5.93. The van der Waals surface area contributed by atoms with Crippen LogP contribution in [-0.4, -0.2) is 5.91 Å². The van der Waals surface area contributed by atoms with Gasteiger partial charge in [0.15, 0.2) is 0 Å². The first-order chi connectivity index (χ1) is 6.65. The fraction of sp³-hybridized carbons (Fsp3) is 0.167. The first kappa shape index (κ1) is 10.3. The molecule has 0 spiro atoms. The fourth-order valence-electron chi connectivity index (χ4n) is 1.14. The third-order valence-electron chi connectivity index (χ3n) is 1.87. The number of rotatable bonds is 2. The van der Waals surface area contributed by atoms with Crippen LogP contribution in [0, 0.1) is 6.92 Å². The molecular formula is C12H13NO. The minimum atomic E-state index is -0.0509. The van der Waals surface area contributed by atoms with Crippen molar-refractivity contribution in [3.05, 3.63) is 48.3 Å². The molecule has 1 aromatic rings. The minimum Gasteiger partial charge on any atom is -0.281 e. The third kappa shape index (κ3) is 2.35. The van der Waals surface area contributed by atoms with Crippen LogP contribution in [-0.2, 0) is 4.79 Å². The molecular weight excluding hydrogens is 174 g/mol. The minimum absolute atomic E-state index is 0.0509. The van der Waals surface area contributed by atoms with Gasteiger partial charge in [0.2, 0.25) is 5.91 Å². The zero-order valence-corrected chi connectivity index (χ0v) is 8.45. The largest absolute Gasteiger partial charge is 0.281 e. The molecule has 0 atom stereocenters. The summed E-state index contributed by atoms with van der Waals surface area (Å²) in [4.78, 5) is 12.8. The van der Waals surface area contributed by atoms with E-state index in [0.29, 0.717) is 0 Å². The van der Waals surface area contributed by atoms with Crippen molar-refractivity contribution in [3.63, 3.8) is 0 Å². The quantitative estimate of drug-likeness (QED) is 0.652. The molecule has 0 saturated carbocycles. The molecule has 0 aromatic heterocycles. The van der Waals surface area contributed by atoms with Crippen molar-refractivity contribution in [2.75, 3.05) is 4.90 Å². The van der Waals surface area contributed by atoms with Crippen molar-refractivity contribution in [2.45, 2.75) is 13.8 Å². The van der Waals surface area contributed by atoms with Crippen LogP contribution in [0.25, 0.3) is 0 Å². The Morgan fingerprint density at radius 1 is 1.43 bits per heavy atom. The molecule has 0 bridgehead atoms. The number of anilines is 1. The molecule has 0 aliphatic carbocycles. The van der Waals surface area contributed by atoms with E-state index in [2.05, 4.69) is 12.3 Å². The Hall–Kier alpha value is -1.79. The van der Waals surface area contributed by atoms with Crippen molar-refractivity contribution in [1.82, 2.24) is 0 Å². The van der Waals surface area contributed by atoms with Crippen molar-refractivity contribution in [1.29, 1.82) is 0 Å². The van der Waals surface area contributed by atoms with Crippen LogP contribution in [0.1, 0.15) is 12.5 Å². The topological polar surface area (TPSA) is 20.3 Å². The zero-order valence-electron chi connectivity index (χ0n) is 8.45. The Kier molecular flexibility index (Phi) is 3.27. The van der Waals surface area contributed by atoms with E-state index in [-0.39, 0.29) is 5.91 Å². The van der Waals surface area contributed by atoms with E-state index in [1.807, 2.05) is 31.2 Å². The zero-order chi connectivity index (χ0) is 10.6. The fourth-order valence-corrected chi connectivity index (χ4v) is 1.14. The summed E-state index contributed by atoms with van der Waals surface area (Å²) in [5.41, 5.74) is 4.59. The highest BCUT2D eigenvalue weighted by atomic mass is 16.2. The van der Waals surface area contributed by atoms with Gasteiger partial charge in [-0.05, 0) is 19.1 Å². The molecule has 0 aliphatic rings. The van der Waals surface area contributed by atoms with Gasteiger partial charge in [0.1, 0.15) is 0 Å². The van der Waals surface area contributed by atoms with Gasteiger partial charge >= 0.3 is 0 Å². The van der Waals surface area contributed by atoms with E-state index >= 15 is 0 Å². The summed E-state index contributed by atoms with van der Waals surface area (Å²) < 4.78 is 0. The molecule has 0 aliphatic heterocycles. The van der Waals surface area contributed by atoms with Crippen LogP contribution in [0.3, 0.4) is 0 Å². The Labute approximate surface area is 84.2 Å². The number of hydrogen-bond acceptors (Lipinski definition) is 1. The van der Waals surface area contributed by atoms with E-state index in [4.69, 9.17) is 0 Å². The maximum atomic E-state index is 11.2. The van der Waals surface area contributed by atoms with E-state index in [9.17, 15) is 4.79 Å². The monoisotopic (exact) mass is 187 g/mol. The normalized spacial score (nSPS) is 9.00.